The number of carbonyl (C=O) groups is 1. The molecule has 298 valence electrons. The van der Waals surface area contributed by atoms with Crippen molar-refractivity contribution in [1.29, 1.82) is 0 Å². The van der Waals surface area contributed by atoms with E-state index < -0.39 is 111 Å². The van der Waals surface area contributed by atoms with Gasteiger partial charge in [-0.05, 0) is 48.4 Å². The monoisotopic (exact) mass is 766 g/mol. The quantitative estimate of drug-likeness (QED) is 0.0770. The highest BCUT2D eigenvalue weighted by Crippen LogP contribution is 2.33. The number of benzene rings is 2. The second kappa shape index (κ2) is 18.8. The van der Waals surface area contributed by atoms with Gasteiger partial charge in [-0.2, -0.15) is 0 Å². The molecule has 0 unspecified atom stereocenters. The first-order valence-electron chi connectivity index (χ1n) is 17.1. The number of phenols is 2. The molecule has 10 N–H and O–H groups in total. The first kappa shape index (κ1) is 41.6. The Labute approximate surface area is 309 Å². The second-order valence-electron chi connectivity index (χ2n) is 13.0. The number of esters is 1. The van der Waals surface area contributed by atoms with Gasteiger partial charge in [0.2, 0.25) is 0 Å². The van der Waals surface area contributed by atoms with Gasteiger partial charge in [0.25, 0.3) is 0 Å². The van der Waals surface area contributed by atoms with E-state index in [0.29, 0.717) is 5.56 Å². The van der Waals surface area contributed by atoms with Crippen molar-refractivity contribution in [1.82, 2.24) is 0 Å². The molecule has 3 heterocycles. The largest absolute Gasteiger partial charge is 0.508 e. The average molecular weight is 767 g/mol. The number of aliphatic hydroxyl groups is 8. The number of ether oxygens (including phenoxy) is 7. The van der Waals surface area contributed by atoms with Crippen LogP contribution in [-0.2, 0) is 38.0 Å². The van der Waals surface area contributed by atoms with Crippen molar-refractivity contribution in [2.24, 2.45) is 0 Å². The van der Waals surface area contributed by atoms with Crippen molar-refractivity contribution in [2.45, 2.75) is 99.0 Å². The number of hydrogen-bond donors (Lipinski definition) is 10. The third-order valence-electron chi connectivity index (χ3n) is 9.12. The maximum Gasteiger partial charge on any atom is 0.331 e. The van der Waals surface area contributed by atoms with Gasteiger partial charge in [0, 0.05) is 6.08 Å². The van der Waals surface area contributed by atoms with Crippen LogP contribution in [0.25, 0.3) is 12.2 Å². The summed E-state index contributed by atoms with van der Waals surface area (Å²) in [5, 5.41) is 103. The van der Waals surface area contributed by atoms with E-state index >= 15 is 0 Å². The van der Waals surface area contributed by atoms with E-state index in [1.807, 2.05) is 0 Å². The SMILES string of the molecule is C[C@@H]1O[C@@H](O[C@@H]2[C@@H](O)[C@H](OCC=Cc3ccc(O)cc3)O[C@H](CO)[C@H]2OC(=O)C=Cc2ccc(O)cc2)[C@H](O)[C@H](O)[C@H]1O[C@@H]1O[C@H](CO)[C@@H](O)[C@H](O)[C@H]1O. The molecule has 15 atom stereocenters. The summed E-state index contributed by atoms with van der Waals surface area (Å²) in [4.78, 5) is 13.0. The molecule has 3 aliphatic heterocycles. The summed E-state index contributed by atoms with van der Waals surface area (Å²) in [7, 11) is 0. The summed E-state index contributed by atoms with van der Waals surface area (Å²) >= 11 is 0. The Hall–Kier alpha value is -3.57. The van der Waals surface area contributed by atoms with Crippen LogP contribution in [0.3, 0.4) is 0 Å². The molecular weight excluding hydrogens is 720 g/mol. The number of phenolic OH excluding ortho intramolecular Hbond substituents is 2. The molecule has 18 nitrogen and oxygen atoms in total. The summed E-state index contributed by atoms with van der Waals surface area (Å²) in [5.74, 6) is -0.849. The Morgan fingerprint density at radius 3 is 1.78 bits per heavy atom. The minimum absolute atomic E-state index is 0.0137. The summed E-state index contributed by atoms with van der Waals surface area (Å²) in [6.07, 6.45) is -18.3. The number of rotatable bonds is 13. The molecular formula is C36H46O18. The topological polar surface area (TPSA) is 284 Å². The molecule has 3 fully saturated rings. The highest BCUT2D eigenvalue weighted by Gasteiger charge is 2.54. The van der Waals surface area contributed by atoms with Gasteiger partial charge in [0.05, 0.1) is 25.9 Å². The smallest absolute Gasteiger partial charge is 0.331 e. The Morgan fingerprint density at radius 2 is 1.17 bits per heavy atom. The Morgan fingerprint density at radius 1 is 0.630 bits per heavy atom. The fourth-order valence-electron chi connectivity index (χ4n) is 6.12. The van der Waals surface area contributed by atoms with E-state index in [1.165, 1.54) is 49.4 Å². The molecule has 18 heteroatoms. The summed E-state index contributed by atoms with van der Waals surface area (Å²) < 4.78 is 40.0. The van der Waals surface area contributed by atoms with E-state index in [-0.39, 0.29) is 18.1 Å². The van der Waals surface area contributed by atoms with Crippen molar-refractivity contribution in [2.75, 3.05) is 19.8 Å². The molecule has 54 heavy (non-hydrogen) atoms. The third kappa shape index (κ3) is 9.99. The highest BCUT2D eigenvalue weighted by molar-refractivity contribution is 5.87. The molecule has 0 spiro atoms. The lowest BCUT2D eigenvalue weighted by atomic mass is 9.96. The van der Waals surface area contributed by atoms with Crippen LogP contribution in [0.15, 0.2) is 60.7 Å². The molecule has 0 bridgehead atoms. The third-order valence-corrected chi connectivity index (χ3v) is 9.12. The van der Waals surface area contributed by atoms with Crippen LogP contribution in [0.2, 0.25) is 0 Å². The standard InChI is InChI=1S/C36H46O18/c1-17-31(53-36-28(45)26(43)25(42)22(15-37)50-36)27(44)29(46)35(49-17)54-33-30(47)34(48-14-2-3-18-4-9-20(39)10-5-18)51-23(16-38)32(33)52-24(41)13-8-19-6-11-21(40)12-7-19/h2-13,17,22-23,25-40,42-47H,14-16H2,1H3/t17-,22+,23+,25+,26-,27-,28+,29+,30+,31-,32+,33+,34+,35-,36-/m0/s1. The predicted molar refractivity (Wildman–Crippen MR) is 182 cm³/mol. The molecule has 0 saturated carbocycles. The van der Waals surface area contributed by atoms with Crippen LogP contribution in [0.1, 0.15) is 18.1 Å². The van der Waals surface area contributed by atoms with E-state index in [4.69, 9.17) is 33.2 Å². The van der Waals surface area contributed by atoms with Gasteiger partial charge in [0.1, 0.15) is 72.5 Å². The highest BCUT2D eigenvalue weighted by atomic mass is 16.8. The molecule has 3 saturated heterocycles. The molecule has 0 radical (unpaired) electrons. The zero-order chi connectivity index (χ0) is 39.1. The molecule has 0 aromatic heterocycles. The van der Waals surface area contributed by atoms with E-state index in [0.717, 1.165) is 11.6 Å². The first-order valence-corrected chi connectivity index (χ1v) is 17.1. The van der Waals surface area contributed by atoms with E-state index in [9.17, 15) is 55.9 Å². The number of aromatic hydroxyl groups is 2. The van der Waals surface area contributed by atoms with Crippen molar-refractivity contribution >= 4 is 18.1 Å². The zero-order valence-corrected chi connectivity index (χ0v) is 28.9. The first-order chi connectivity index (χ1) is 25.8. The van der Waals surface area contributed by atoms with Crippen LogP contribution in [0.4, 0.5) is 0 Å². The second-order valence-corrected chi connectivity index (χ2v) is 13.0. The maximum atomic E-state index is 13.0. The number of hydrogen-bond acceptors (Lipinski definition) is 18. The van der Waals surface area contributed by atoms with Crippen LogP contribution in [0.5, 0.6) is 11.5 Å². The van der Waals surface area contributed by atoms with Gasteiger partial charge in [0.15, 0.2) is 25.0 Å². The van der Waals surface area contributed by atoms with Crippen LogP contribution < -0.4 is 0 Å². The van der Waals surface area contributed by atoms with Crippen LogP contribution in [-0.4, -0.2) is 169 Å². The molecule has 0 amide bonds. The van der Waals surface area contributed by atoms with E-state index in [2.05, 4.69) is 0 Å². The normalized spacial score (nSPS) is 37.5. The molecule has 5 rings (SSSR count). The van der Waals surface area contributed by atoms with Crippen molar-refractivity contribution in [3.8, 4) is 11.5 Å². The van der Waals surface area contributed by atoms with Crippen molar-refractivity contribution in [3.05, 3.63) is 71.8 Å². The van der Waals surface area contributed by atoms with Gasteiger partial charge in [-0.25, -0.2) is 4.79 Å². The van der Waals surface area contributed by atoms with Gasteiger partial charge >= 0.3 is 5.97 Å². The van der Waals surface area contributed by atoms with Gasteiger partial charge < -0.3 is 84.2 Å². The Balaban J connectivity index is 1.32. The summed E-state index contributed by atoms with van der Waals surface area (Å²) in [6.45, 7) is -0.197. The molecule has 3 aliphatic rings. The lowest BCUT2D eigenvalue weighted by Gasteiger charge is -2.48. The summed E-state index contributed by atoms with van der Waals surface area (Å²) in [5.41, 5.74) is 1.26. The van der Waals surface area contributed by atoms with Crippen molar-refractivity contribution < 1.29 is 89.0 Å². The Kier molecular flexibility index (Phi) is 14.5. The minimum Gasteiger partial charge on any atom is -0.508 e. The molecule has 2 aromatic rings. The van der Waals surface area contributed by atoms with Crippen LogP contribution >= 0.6 is 0 Å². The van der Waals surface area contributed by atoms with Gasteiger partial charge in [-0.15, -0.1) is 0 Å². The minimum atomic E-state index is -1.92. The van der Waals surface area contributed by atoms with Crippen molar-refractivity contribution in [3.63, 3.8) is 0 Å². The maximum absolute atomic E-state index is 13.0. The lowest BCUT2D eigenvalue weighted by Crippen LogP contribution is -2.66. The van der Waals surface area contributed by atoms with Gasteiger partial charge in [-0.3, -0.25) is 0 Å². The number of carbonyl (C=O) groups excluding carboxylic acids is 1. The van der Waals surface area contributed by atoms with E-state index in [1.54, 1.807) is 24.3 Å². The van der Waals surface area contributed by atoms with Crippen LogP contribution in [0, 0.1) is 0 Å². The summed E-state index contributed by atoms with van der Waals surface area (Å²) in [6, 6.07) is 12.2. The fraction of sp³-hybridized carbons (Fsp3) is 0.528. The lowest BCUT2D eigenvalue weighted by molar-refractivity contribution is -0.376. The Bertz CT molecular complexity index is 1540. The average Bonchev–Trinajstić information content (AvgIpc) is 3.16. The fourth-order valence-corrected chi connectivity index (χ4v) is 6.12. The molecule has 0 aliphatic carbocycles. The molecule has 2 aromatic carbocycles. The predicted octanol–water partition coefficient (Wildman–Crippen LogP) is -2.13. The van der Waals surface area contributed by atoms with Gasteiger partial charge in [-0.1, -0.05) is 36.4 Å². The number of aliphatic hydroxyl groups excluding tert-OH is 8. The zero-order valence-electron chi connectivity index (χ0n) is 28.9.